The first-order chi connectivity index (χ1) is 5.62. The monoisotopic (exact) mass is 173 g/mol. The number of fused-ring (bicyclic) bond motifs is 2. The molecular formula is C9H16FNO. The molecule has 0 aliphatic carbocycles. The molecule has 2 aliphatic rings. The third kappa shape index (κ3) is 1.15. The van der Waals surface area contributed by atoms with E-state index in [9.17, 15) is 9.60 Å². The Balaban J connectivity index is 2.18. The zero-order valence-corrected chi connectivity index (χ0v) is 7.46. The van der Waals surface area contributed by atoms with Crippen molar-refractivity contribution in [2.75, 3.05) is 0 Å². The third-order valence-electron chi connectivity index (χ3n) is 3.19. The standard InChI is InChI=1S/C9H16FNO/c1-7-5-8-3-2-4-9(10,6-7)11(8)12/h7-8,12H,2-6H2,1H3. The van der Waals surface area contributed by atoms with E-state index < -0.39 is 5.79 Å². The number of rotatable bonds is 0. The molecule has 2 heterocycles. The molecule has 3 unspecified atom stereocenters. The number of hydrogen-bond donors (Lipinski definition) is 1. The second-order valence-electron chi connectivity index (χ2n) is 4.35. The Bertz CT molecular complexity index is 187. The summed E-state index contributed by atoms with van der Waals surface area (Å²) in [5, 5.41) is 10.5. The van der Waals surface area contributed by atoms with Crippen LogP contribution in [0, 0.1) is 5.92 Å². The summed E-state index contributed by atoms with van der Waals surface area (Å²) in [7, 11) is 0. The molecule has 2 aliphatic heterocycles. The van der Waals surface area contributed by atoms with Gasteiger partial charge in [0.2, 0.25) is 0 Å². The van der Waals surface area contributed by atoms with Crippen LogP contribution in [-0.2, 0) is 0 Å². The minimum absolute atomic E-state index is 0.0764. The van der Waals surface area contributed by atoms with Crippen LogP contribution in [0.4, 0.5) is 4.39 Å². The summed E-state index contributed by atoms with van der Waals surface area (Å²) in [5.74, 6) is -0.982. The van der Waals surface area contributed by atoms with Crippen molar-refractivity contribution >= 4 is 0 Å². The Hall–Kier alpha value is -0.150. The van der Waals surface area contributed by atoms with E-state index in [2.05, 4.69) is 6.92 Å². The van der Waals surface area contributed by atoms with Crippen molar-refractivity contribution < 1.29 is 9.60 Å². The second kappa shape index (κ2) is 2.67. The average molecular weight is 173 g/mol. The number of halogens is 1. The molecule has 0 aromatic heterocycles. The van der Waals surface area contributed by atoms with E-state index in [4.69, 9.17) is 0 Å². The van der Waals surface area contributed by atoms with Crippen LogP contribution in [0.5, 0.6) is 0 Å². The van der Waals surface area contributed by atoms with Crippen LogP contribution in [0.3, 0.4) is 0 Å². The van der Waals surface area contributed by atoms with Gasteiger partial charge in [-0.2, -0.15) is 5.06 Å². The van der Waals surface area contributed by atoms with Crippen LogP contribution >= 0.6 is 0 Å². The molecule has 0 spiro atoms. The molecule has 0 aromatic carbocycles. The summed E-state index contributed by atoms with van der Waals surface area (Å²) in [4.78, 5) is 0. The molecule has 0 aromatic rings. The van der Waals surface area contributed by atoms with Gasteiger partial charge in [0.15, 0.2) is 5.79 Å². The molecule has 2 nitrogen and oxygen atoms in total. The lowest BCUT2D eigenvalue weighted by Gasteiger charge is -2.48. The molecule has 2 rings (SSSR count). The molecule has 0 radical (unpaired) electrons. The van der Waals surface area contributed by atoms with Gasteiger partial charge in [0.1, 0.15) is 0 Å². The highest BCUT2D eigenvalue weighted by Crippen LogP contribution is 2.43. The molecule has 3 atom stereocenters. The fraction of sp³-hybridized carbons (Fsp3) is 1.00. The lowest BCUT2D eigenvalue weighted by molar-refractivity contribution is -0.294. The smallest absolute Gasteiger partial charge is 0.185 e. The van der Waals surface area contributed by atoms with Crippen LogP contribution in [0.15, 0.2) is 0 Å². The van der Waals surface area contributed by atoms with Crippen LogP contribution in [0.1, 0.15) is 39.0 Å². The average Bonchev–Trinajstić information content (AvgIpc) is 1.95. The van der Waals surface area contributed by atoms with Crippen molar-refractivity contribution in [3.63, 3.8) is 0 Å². The van der Waals surface area contributed by atoms with Crippen LogP contribution in [-0.4, -0.2) is 22.1 Å². The first kappa shape index (κ1) is 8.45. The van der Waals surface area contributed by atoms with Gasteiger partial charge in [-0.25, -0.2) is 4.39 Å². The van der Waals surface area contributed by atoms with Crippen LogP contribution < -0.4 is 0 Å². The van der Waals surface area contributed by atoms with Gasteiger partial charge in [0.25, 0.3) is 0 Å². The normalized spacial score (nSPS) is 49.2. The summed E-state index contributed by atoms with van der Waals surface area (Å²) < 4.78 is 13.9. The van der Waals surface area contributed by atoms with Crippen molar-refractivity contribution in [3.05, 3.63) is 0 Å². The topological polar surface area (TPSA) is 23.5 Å². The van der Waals surface area contributed by atoms with Crippen LogP contribution in [0.25, 0.3) is 0 Å². The molecule has 1 N–H and O–H groups in total. The maximum absolute atomic E-state index is 13.9. The lowest BCUT2D eigenvalue weighted by atomic mass is 9.79. The minimum Gasteiger partial charge on any atom is -0.311 e. The molecule has 0 saturated carbocycles. The Morgan fingerprint density at radius 2 is 2.33 bits per heavy atom. The van der Waals surface area contributed by atoms with Crippen molar-refractivity contribution in [1.29, 1.82) is 0 Å². The highest BCUT2D eigenvalue weighted by atomic mass is 19.1. The molecular weight excluding hydrogens is 157 g/mol. The van der Waals surface area contributed by atoms with Gasteiger partial charge < -0.3 is 5.21 Å². The fourth-order valence-electron chi connectivity index (χ4n) is 2.67. The van der Waals surface area contributed by atoms with Gasteiger partial charge in [-0.1, -0.05) is 6.92 Å². The predicted octanol–water partition coefficient (Wildman–Crippen LogP) is 2.33. The SMILES string of the molecule is CC1CC2CCCC(F)(C1)N2O. The van der Waals surface area contributed by atoms with Gasteiger partial charge in [-0.05, 0) is 38.0 Å². The Labute approximate surface area is 72.3 Å². The molecule has 2 fully saturated rings. The van der Waals surface area contributed by atoms with Gasteiger partial charge in [0.05, 0.1) is 0 Å². The second-order valence-corrected chi connectivity index (χ2v) is 4.35. The summed E-state index contributed by atoms with van der Waals surface area (Å²) in [5.41, 5.74) is 0. The van der Waals surface area contributed by atoms with E-state index in [0.29, 0.717) is 18.8 Å². The minimum atomic E-state index is -1.40. The van der Waals surface area contributed by atoms with Crippen molar-refractivity contribution in [1.82, 2.24) is 5.06 Å². The zero-order chi connectivity index (χ0) is 8.77. The van der Waals surface area contributed by atoms with E-state index in [1.165, 1.54) is 0 Å². The quantitative estimate of drug-likeness (QED) is 0.568. The molecule has 0 amide bonds. The largest absolute Gasteiger partial charge is 0.311 e. The number of piperidine rings is 2. The number of hydroxylamine groups is 2. The van der Waals surface area contributed by atoms with Gasteiger partial charge in [-0.15, -0.1) is 0 Å². The highest BCUT2D eigenvalue weighted by Gasteiger charge is 2.48. The maximum atomic E-state index is 13.9. The number of alkyl halides is 1. The van der Waals surface area contributed by atoms with E-state index in [1.54, 1.807) is 0 Å². The van der Waals surface area contributed by atoms with E-state index >= 15 is 0 Å². The third-order valence-corrected chi connectivity index (χ3v) is 3.19. The Morgan fingerprint density at radius 3 is 3.00 bits per heavy atom. The number of hydrogen-bond acceptors (Lipinski definition) is 2. The summed E-state index contributed by atoms with van der Waals surface area (Å²) in [6, 6.07) is 0.0764. The van der Waals surface area contributed by atoms with E-state index in [1.807, 2.05) is 0 Å². The fourth-order valence-corrected chi connectivity index (χ4v) is 2.67. The first-order valence-corrected chi connectivity index (χ1v) is 4.79. The van der Waals surface area contributed by atoms with Crippen molar-refractivity contribution in [2.24, 2.45) is 5.92 Å². The summed E-state index contributed by atoms with van der Waals surface area (Å²) in [6.45, 7) is 2.07. The van der Waals surface area contributed by atoms with Crippen molar-refractivity contribution in [3.8, 4) is 0 Å². The highest BCUT2D eigenvalue weighted by molar-refractivity contribution is 4.92. The molecule has 12 heavy (non-hydrogen) atoms. The molecule has 2 saturated heterocycles. The first-order valence-electron chi connectivity index (χ1n) is 4.79. The van der Waals surface area contributed by atoms with Crippen LogP contribution in [0.2, 0.25) is 0 Å². The maximum Gasteiger partial charge on any atom is 0.185 e. The number of nitrogens with zero attached hydrogens (tertiary/aromatic N) is 1. The summed E-state index contributed by atoms with van der Waals surface area (Å²) >= 11 is 0. The zero-order valence-electron chi connectivity index (χ0n) is 7.46. The molecule has 70 valence electrons. The summed E-state index contributed by atoms with van der Waals surface area (Å²) in [6.07, 6.45) is 3.82. The van der Waals surface area contributed by atoms with Gasteiger partial charge in [0, 0.05) is 6.04 Å². The Morgan fingerprint density at radius 1 is 1.58 bits per heavy atom. The Kier molecular flexibility index (Phi) is 1.88. The van der Waals surface area contributed by atoms with E-state index in [0.717, 1.165) is 24.3 Å². The lowest BCUT2D eigenvalue weighted by Crippen LogP contribution is -2.56. The van der Waals surface area contributed by atoms with E-state index in [-0.39, 0.29) is 6.04 Å². The van der Waals surface area contributed by atoms with Gasteiger partial charge >= 0.3 is 0 Å². The van der Waals surface area contributed by atoms with Gasteiger partial charge in [-0.3, -0.25) is 0 Å². The predicted molar refractivity (Wildman–Crippen MR) is 43.5 cm³/mol. The van der Waals surface area contributed by atoms with Crippen molar-refractivity contribution in [2.45, 2.75) is 50.9 Å². The molecule has 3 heteroatoms. The molecule has 2 bridgehead atoms.